The van der Waals surface area contributed by atoms with E-state index in [4.69, 9.17) is 23.2 Å². The number of halogens is 2. The zero-order valence-corrected chi connectivity index (χ0v) is 17.6. The summed E-state index contributed by atoms with van der Waals surface area (Å²) >= 11 is 13.6. The normalized spacial score (nSPS) is 19.4. The van der Waals surface area contributed by atoms with Crippen LogP contribution in [0.4, 0.5) is 5.69 Å². The van der Waals surface area contributed by atoms with E-state index in [-0.39, 0.29) is 5.91 Å². The van der Waals surface area contributed by atoms with E-state index in [1.165, 1.54) is 24.6 Å². The second-order valence-electron chi connectivity index (χ2n) is 7.14. The lowest BCUT2D eigenvalue weighted by molar-refractivity contribution is -0.115. The molecule has 2 aromatic carbocycles. The third-order valence-corrected chi connectivity index (χ3v) is 6.42. The van der Waals surface area contributed by atoms with Crippen LogP contribution in [-0.4, -0.2) is 20.6 Å². The third-order valence-electron chi connectivity index (χ3n) is 4.90. The molecular weight excluding hydrogens is 427 g/mol. The molecule has 1 aliphatic carbocycles. The number of rotatable bonds is 4. The summed E-state index contributed by atoms with van der Waals surface area (Å²) in [6, 6.07) is 11.2. The number of thioether (sulfide) groups is 1. The maximum absolute atomic E-state index is 12.4. The Morgan fingerprint density at radius 2 is 2.03 bits per heavy atom. The number of carbonyl (C=O) groups excluding carboxylic acids is 1. The molecule has 0 unspecified atom stereocenters. The van der Waals surface area contributed by atoms with E-state index in [0.29, 0.717) is 25.8 Å². The zero-order chi connectivity index (χ0) is 20.0. The van der Waals surface area contributed by atoms with E-state index in [1.54, 1.807) is 18.2 Å². The summed E-state index contributed by atoms with van der Waals surface area (Å²) in [5.74, 6) is 0.574. The molecule has 5 rings (SSSR count). The second-order valence-corrected chi connectivity index (χ2v) is 8.99. The number of nitrogens with zero attached hydrogens (tertiary/aromatic N) is 3. The van der Waals surface area contributed by atoms with Gasteiger partial charge in [0.2, 0.25) is 0 Å². The molecule has 1 N–H and O–H groups in total. The van der Waals surface area contributed by atoms with Gasteiger partial charge in [-0.2, -0.15) is 0 Å². The molecule has 1 saturated carbocycles. The lowest BCUT2D eigenvalue weighted by Crippen LogP contribution is -2.19. The Morgan fingerprint density at radius 3 is 2.79 bits per heavy atom. The van der Waals surface area contributed by atoms with Crippen LogP contribution in [0.5, 0.6) is 0 Å². The number of para-hydroxylation sites is 1. The molecular formula is C21H16Cl2N4OS. The Hall–Kier alpha value is -2.28. The van der Waals surface area contributed by atoms with E-state index in [1.807, 2.05) is 24.5 Å². The highest BCUT2D eigenvalue weighted by molar-refractivity contribution is 8.18. The second kappa shape index (κ2) is 7.52. The van der Waals surface area contributed by atoms with Gasteiger partial charge in [0.05, 0.1) is 32.3 Å². The molecule has 0 bridgehead atoms. The van der Waals surface area contributed by atoms with Gasteiger partial charge in [-0.05, 0) is 66.4 Å². The van der Waals surface area contributed by atoms with Crippen LogP contribution in [0.25, 0.3) is 17.1 Å². The van der Waals surface area contributed by atoms with Crippen LogP contribution in [0.2, 0.25) is 10.0 Å². The average molecular weight is 443 g/mol. The number of hydrogen-bond donors (Lipinski definition) is 1. The first-order valence-corrected chi connectivity index (χ1v) is 10.8. The van der Waals surface area contributed by atoms with E-state index in [2.05, 4.69) is 25.9 Å². The Morgan fingerprint density at radius 1 is 1.24 bits per heavy atom. The lowest BCUT2D eigenvalue weighted by Gasteiger charge is -2.03. The number of benzene rings is 2. The smallest absolute Gasteiger partial charge is 0.264 e. The minimum atomic E-state index is -0.191. The molecule has 29 heavy (non-hydrogen) atoms. The predicted molar refractivity (Wildman–Crippen MR) is 120 cm³/mol. The van der Waals surface area contributed by atoms with Crippen molar-refractivity contribution in [3.05, 3.63) is 63.2 Å². The molecule has 2 aliphatic rings. The summed E-state index contributed by atoms with van der Waals surface area (Å²) in [5, 5.41) is 4.10. The zero-order valence-electron chi connectivity index (χ0n) is 15.2. The fourth-order valence-corrected chi connectivity index (χ4v) is 4.53. The minimum Gasteiger partial charge on any atom is -0.330 e. The van der Waals surface area contributed by atoms with Gasteiger partial charge in [0, 0.05) is 6.54 Å². The molecule has 0 spiro atoms. The molecule has 2 heterocycles. The maximum Gasteiger partial charge on any atom is 0.264 e. The maximum atomic E-state index is 12.4. The van der Waals surface area contributed by atoms with E-state index in [9.17, 15) is 4.79 Å². The molecule has 0 radical (unpaired) electrons. The van der Waals surface area contributed by atoms with E-state index in [0.717, 1.165) is 29.1 Å². The number of fused-ring (bicyclic) bond motifs is 1. The molecule has 8 heteroatoms. The highest BCUT2D eigenvalue weighted by Crippen LogP contribution is 2.36. The number of amides is 1. The molecule has 5 nitrogen and oxygen atoms in total. The Balaban J connectivity index is 1.43. The Labute approximate surface area is 181 Å². The van der Waals surface area contributed by atoms with Crippen molar-refractivity contribution in [1.82, 2.24) is 14.9 Å². The van der Waals surface area contributed by atoms with Crippen molar-refractivity contribution in [3.63, 3.8) is 0 Å². The van der Waals surface area contributed by atoms with Gasteiger partial charge in [0.1, 0.15) is 5.69 Å². The van der Waals surface area contributed by atoms with Gasteiger partial charge in [0.25, 0.3) is 5.91 Å². The monoisotopic (exact) mass is 442 g/mol. The Bertz CT molecular complexity index is 1180. The highest BCUT2D eigenvalue weighted by atomic mass is 35.5. The Kier molecular flexibility index (Phi) is 4.86. The summed E-state index contributed by atoms with van der Waals surface area (Å²) in [4.78, 5) is 21.9. The highest BCUT2D eigenvalue weighted by Gasteiger charge is 2.25. The quantitative estimate of drug-likeness (QED) is 0.531. The summed E-state index contributed by atoms with van der Waals surface area (Å²) in [6.07, 6.45) is 6.34. The fraction of sp³-hybridized carbons (Fsp3) is 0.190. The van der Waals surface area contributed by atoms with Crippen LogP contribution < -0.4 is 5.32 Å². The summed E-state index contributed by atoms with van der Waals surface area (Å²) < 4.78 is 2.20. The van der Waals surface area contributed by atoms with E-state index >= 15 is 0 Å². The van der Waals surface area contributed by atoms with Crippen molar-refractivity contribution in [1.29, 1.82) is 0 Å². The van der Waals surface area contributed by atoms with Crippen molar-refractivity contribution in [2.45, 2.75) is 19.4 Å². The van der Waals surface area contributed by atoms with Crippen LogP contribution >= 0.6 is 35.0 Å². The fourth-order valence-electron chi connectivity index (χ4n) is 3.22. The van der Waals surface area contributed by atoms with Crippen molar-refractivity contribution in [3.8, 4) is 0 Å². The van der Waals surface area contributed by atoms with Crippen molar-refractivity contribution >= 4 is 68.8 Å². The SMILES string of the molecule is O=C1NC(=Nc2c(Cl)cccc2Cl)SC1=Cc1ccc2ncn(CC3CC3)c2c1. The van der Waals surface area contributed by atoms with Crippen LogP contribution in [0.1, 0.15) is 18.4 Å². The predicted octanol–water partition coefficient (Wildman–Crippen LogP) is 5.64. The summed E-state index contributed by atoms with van der Waals surface area (Å²) in [6.45, 7) is 1.00. The summed E-state index contributed by atoms with van der Waals surface area (Å²) in [7, 11) is 0. The first kappa shape index (κ1) is 18.7. The van der Waals surface area contributed by atoms with Gasteiger partial charge in [0.15, 0.2) is 5.17 Å². The number of hydrogen-bond acceptors (Lipinski definition) is 4. The van der Waals surface area contributed by atoms with Gasteiger partial charge in [-0.25, -0.2) is 9.98 Å². The molecule has 2 fully saturated rings. The van der Waals surface area contributed by atoms with Crippen LogP contribution in [0, 0.1) is 5.92 Å². The largest absolute Gasteiger partial charge is 0.330 e. The van der Waals surface area contributed by atoms with Crippen LogP contribution in [0.3, 0.4) is 0 Å². The first-order chi connectivity index (χ1) is 14.1. The topological polar surface area (TPSA) is 59.3 Å². The number of aromatic nitrogens is 2. The number of amidine groups is 1. The van der Waals surface area contributed by atoms with Crippen molar-refractivity contribution < 1.29 is 4.79 Å². The molecule has 0 atom stereocenters. The summed E-state index contributed by atoms with van der Waals surface area (Å²) in [5.41, 5.74) is 3.45. The third kappa shape index (κ3) is 3.92. The van der Waals surface area contributed by atoms with Gasteiger partial charge >= 0.3 is 0 Å². The van der Waals surface area contributed by atoms with Gasteiger partial charge in [-0.15, -0.1) is 0 Å². The van der Waals surface area contributed by atoms with Gasteiger partial charge in [-0.3, -0.25) is 4.79 Å². The van der Waals surface area contributed by atoms with Gasteiger partial charge < -0.3 is 9.88 Å². The van der Waals surface area contributed by atoms with E-state index < -0.39 is 0 Å². The molecule has 1 saturated heterocycles. The number of aliphatic imine (C=N–C) groups is 1. The molecule has 1 aromatic heterocycles. The first-order valence-electron chi connectivity index (χ1n) is 9.25. The lowest BCUT2D eigenvalue weighted by atomic mass is 10.2. The average Bonchev–Trinajstić information content (AvgIpc) is 3.33. The number of imidazole rings is 1. The molecule has 1 aliphatic heterocycles. The van der Waals surface area contributed by atoms with Crippen molar-refractivity contribution in [2.75, 3.05) is 0 Å². The number of nitrogens with one attached hydrogen (secondary N) is 1. The molecule has 3 aromatic rings. The number of carbonyl (C=O) groups is 1. The molecule has 1 amide bonds. The van der Waals surface area contributed by atoms with Gasteiger partial charge in [-0.1, -0.05) is 35.3 Å². The van der Waals surface area contributed by atoms with Crippen molar-refractivity contribution in [2.24, 2.45) is 10.9 Å². The minimum absolute atomic E-state index is 0.191. The molecule has 146 valence electrons. The standard InChI is InChI=1S/C21H16Cl2N4OS/c22-14-2-1-3-15(23)19(14)25-21-26-20(28)18(29-21)9-13-6-7-16-17(8-13)27(11-24-16)10-12-4-5-12/h1-3,6-9,11-12H,4-5,10H2,(H,25,26,28). The van der Waals surface area contributed by atoms with Crippen LogP contribution in [0.15, 0.2) is 52.6 Å². The van der Waals surface area contributed by atoms with Crippen LogP contribution in [-0.2, 0) is 11.3 Å².